The van der Waals surface area contributed by atoms with Gasteiger partial charge in [-0.15, -0.1) is 11.3 Å². The van der Waals surface area contributed by atoms with Crippen LogP contribution in [0.15, 0.2) is 6.33 Å². The normalized spacial score (nSPS) is 10.7. The highest BCUT2D eigenvalue weighted by molar-refractivity contribution is 7.20. The van der Waals surface area contributed by atoms with Crippen molar-refractivity contribution in [2.24, 2.45) is 0 Å². The number of carboxylic acid groups (broad SMARTS) is 1. The van der Waals surface area contributed by atoms with E-state index in [0.29, 0.717) is 4.88 Å². The number of carbonyl (C=O) groups is 2. The van der Waals surface area contributed by atoms with Gasteiger partial charge in [-0.2, -0.15) is 0 Å². The summed E-state index contributed by atoms with van der Waals surface area (Å²) in [7, 11) is 0. The number of nitrogens with zero attached hydrogens (tertiary/aromatic N) is 3. The number of aliphatic carboxylic acids is 1. The Morgan fingerprint density at radius 2 is 2.00 bits per heavy atom. The van der Waals surface area contributed by atoms with Gasteiger partial charge in [0, 0.05) is 19.6 Å². The van der Waals surface area contributed by atoms with Crippen molar-refractivity contribution in [1.82, 2.24) is 15.3 Å². The van der Waals surface area contributed by atoms with E-state index in [1.807, 2.05) is 6.92 Å². The van der Waals surface area contributed by atoms with E-state index >= 15 is 0 Å². The van der Waals surface area contributed by atoms with E-state index in [9.17, 15) is 9.59 Å². The van der Waals surface area contributed by atoms with Crippen LogP contribution in [-0.4, -0.2) is 46.6 Å². The third-order valence-electron chi connectivity index (χ3n) is 3.60. The largest absolute Gasteiger partial charge is 0.481 e. The van der Waals surface area contributed by atoms with Gasteiger partial charge >= 0.3 is 5.97 Å². The lowest BCUT2D eigenvalue weighted by molar-refractivity contribution is -0.136. The quantitative estimate of drug-likeness (QED) is 0.803. The summed E-state index contributed by atoms with van der Waals surface area (Å²) >= 11 is 1.31. The smallest absolute Gasteiger partial charge is 0.305 e. The molecular weight excluding hydrogens is 316 g/mol. The Bertz CT molecular complexity index is 725. The van der Waals surface area contributed by atoms with Crippen LogP contribution < -0.4 is 10.2 Å². The highest BCUT2D eigenvalue weighted by Gasteiger charge is 2.20. The first kappa shape index (κ1) is 17.1. The molecule has 0 radical (unpaired) electrons. The standard InChI is InChI=1S/C15H20N4O3S/c1-4-19(5-2)13-11-9(3)12(23-15(11)18-8-17-13)14(22)16-7-6-10(20)21/h8H,4-7H2,1-3H3,(H,16,22)(H,20,21). The van der Waals surface area contributed by atoms with Crippen molar-refractivity contribution in [3.05, 3.63) is 16.8 Å². The molecule has 0 atom stereocenters. The fourth-order valence-corrected chi connectivity index (χ4v) is 3.46. The topological polar surface area (TPSA) is 95.4 Å². The summed E-state index contributed by atoms with van der Waals surface area (Å²) in [6, 6.07) is 0. The number of thiophene rings is 1. The van der Waals surface area contributed by atoms with Crippen LogP contribution in [0, 0.1) is 6.92 Å². The van der Waals surface area contributed by atoms with Crippen molar-refractivity contribution >= 4 is 39.2 Å². The van der Waals surface area contributed by atoms with Gasteiger partial charge in [0.1, 0.15) is 17.0 Å². The van der Waals surface area contributed by atoms with Gasteiger partial charge in [0.25, 0.3) is 5.91 Å². The fourth-order valence-electron chi connectivity index (χ4n) is 2.40. The number of hydrogen-bond acceptors (Lipinski definition) is 6. The average molecular weight is 336 g/mol. The zero-order valence-corrected chi connectivity index (χ0v) is 14.2. The molecule has 2 aromatic rings. The molecule has 2 aromatic heterocycles. The minimum Gasteiger partial charge on any atom is -0.481 e. The molecule has 0 aliphatic carbocycles. The molecule has 0 saturated carbocycles. The molecule has 0 fully saturated rings. The summed E-state index contributed by atoms with van der Waals surface area (Å²) in [5.41, 5.74) is 0.834. The van der Waals surface area contributed by atoms with E-state index < -0.39 is 5.97 Å². The van der Waals surface area contributed by atoms with Crippen LogP contribution in [0.1, 0.15) is 35.5 Å². The van der Waals surface area contributed by atoms with E-state index in [0.717, 1.165) is 34.7 Å². The van der Waals surface area contributed by atoms with Crippen LogP contribution in [0.3, 0.4) is 0 Å². The zero-order valence-electron chi connectivity index (χ0n) is 13.4. The number of nitrogens with one attached hydrogen (secondary N) is 1. The van der Waals surface area contributed by atoms with Crippen molar-refractivity contribution in [2.75, 3.05) is 24.5 Å². The molecular formula is C15H20N4O3S. The van der Waals surface area contributed by atoms with Crippen molar-refractivity contribution < 1.29 is 14.7 Å². The third-order valence-corrected chi connectivity index (χ3v) is 4.80. The Balaban J connectivity index is 2.36. The molecule has 2 heterocycles. The van der Waals surface area contributed by atoms with E-state index in [-0.39, 0.29) is 18.9 Å². The third kappa shape index (κ3) is 3.58. The van der Waals surface area contributed by atoms with Crippen LogP contribution in [0.4, 0.5) is 5.82 Å². The Kier molecular flexibility index (Phi) is 5.49. The summed E-state index contributed by atoms with van der Waals surface area (Å²) in [5, 5.41) is 12.2. The zero-order chi connectivity index (χ0) is 17.0. The molecule has 0 aliphatic heterocycles. The SMILES string of the molecule is CCN(CC)c1ncnc2sc(C(=O)NCCC(=O)O)c(C)c12. The maximum Gasteiger partial charge on any atom is 0.305 e. The second kappa shape index (κ2) is 7.36. The van der Waals surface area contributed by atoms with Crippen LogP contribution in [0.2, 0.25) is 0 Å². The second-order valence-corrected chi connectivity index (χ2v) is 6.00. The maximum atomic E-state index is 12.3. The molecule has 124 valence electrons. The number of carbonyl (C=O) groups excluding carboxylic acids is 1. The maximum absolute atomic E-state index is 12.3. The Morgan fingerprint density at radius 1 is 1.30 bits per heavy atom. The van der Waals surface area contributed by atoms with Crippen molar-refractivity contribution in [1.29, 1.82) is 0 Å². The Hall–Kier alpha value is -2.22. The van der Waals surface area contributed by atoms with Gasteiger partial charge in [0.15, 0.2) is 0 Å². The van der Waals surface area contributed by atoms with Gasteiger partial charge in [-0.05, 0) is 26.3 Å². The lowest BCUT2D eigenvalue weighted by Gasteiger charge is -2.20. The first-order valence-electron chi connectivity index (χ1n) is 7.48. The van der Waals surface area contributed by atoms with E-state index in [1.54, 1.807) is 0 Å². The number of fused-ring (bicyclic) bond motifs is 1. The number of carboxylic acids is 1. The molecule has 0 aliphatic rings. The van der Waals surface area contributed by atoms with Crippen LogP contribution >= 0.6 is 11.3 Å². The predicted molar refractivity (Wildman–Crippen MR) is 90.3 cm³/mol. The summed E-state index contributed by atoms with van der Waals surface area (Å²) in [6.45, 7) is 7.73. The summed E-state index contributed by atoms with van der Waals surface area (Å²) in [5.74, 6) is -0.372. The first-order chi connectivity index (χ1) is 11.0. The average Bonchev–Trinajstić information content (AvgIpc) is 2.86. The van der Waals surface area contributed by atoms with E-state index in [1.165, 1.54) is 17.7 Å². The van der Waals surface area contributed by atoms with Crippen molar-refractivity contribution in [2.45, 2.75) is 27.2 Å². The molecule has 23 heavy (non-hydrogen) atoms. The molecule has 1 amide bonds. The minimum atomic E-state index is -0.937. The summed E-state index contributed by atoms with van der Waals surface area (Å²) in [4.78, 5) is 34.9. The van der Waals surface area contributed by atoms with E-state index in [2.05, 4.69) is 34.0 Å². The fraction of sp³-hybridized carbons (Fsp3) is 0.467. The lowest BCUT2D eigenvalue weighted by Crippen LogP contribution is -2.26. The number of hydrogen-bond donors (Lipinski definition) is 2. The van der Waals surface area contributed by atoms with Gasteiger partial charge < -0.3 is 15.3 Å². The van der Waals surface area contributed by atoms with Gasteiger partial charge in [-0.25, -0.2) is 9.97 Å². The van der Waals surface area contributed by atoms with Crippen molar-refractivity contribution in [3.63, 3.8) is 0 Å². The highest BCUT2D eigenvalue weighted by atomic mass is 32.1. The first-order valence-corrected chi connectivity index (χ1v) is 8.30. The highest BCUT2D eigenvalue weighted by Crippen LogP contribution is 2.34. The summed E-state index contributed by atoms with van der Waals surface area (Å²) in [6.07, 6.45) is 1.41. The Labute approximate surface area is 138 Å². The summed E-state index contributed by atoms with van der Waals surface area (Å²) < 4.78 is 0. The molecule has 2 rings (SSSR count). The van der Waals surface area contributed by atoms with Gasteiger partial charge in [-0.1, -0.05) is 0 Å². The van der Waals surface area contributed by atoms with Crippen LogP contribution in [0.25, 0.3) is 10.2 Å². The molecule has 0 unspecified atom stereocenters. The number of anilines is 1. The van der Waals surface area contributed by atoms with Crippen LogP contribution in [-0.2, 0) is 4.79 Å². The Morgan fingerprint density at radius 3 is 2.61 bits per heavy atom. The molecule has 0 spiro atoms. The lowest BCUT2D eigenvalue weighted by atomic mass is 10.2. The van der Waals surface area contributed by atoms with Gasteiger partial charge in [0.05, 0.1) is 16.7 Å². The van der Waals surface area contributed by atoms with Gasteiger partial charge in [-0.3, -0.25) is 9.59 Å². The van der Waals surface area contributed by atoms with Crippen LogP contribution in [0.5, 0.6) is 0 Å². The molecule has 8 heteroatoms. The molecule has 0 aromatic carbocycles. The van der Waals surface area contributed by atoms with Gasteiger partial charge in [0.2, 0.25) is 0 Å². The van der Waals surface area contributed by atoms with E-state index in [4.69, 9.17) is 5.11 Å². The number of amides is 1. The molecule has 7 nitrogen and oxygen atoms in total. The molecule has 0 bridgehead atoms. The monoisotopic (exact) mass is 336 g/mol. The number of aryl methyl sites for hydroxylation is 1. The molecule has 2 N–H and O–H groups in total. The van der Waals surface area contributed by atoms with Crippen molar-refractivity contribution in [3.8, 4) is 0 Å². The minimum absolute atomic E-state index is 0.0970. The number of rotatable bonds is 7. The molecule has 0 saturated heterocycles. The predicted octanol–water partition coefficient (Wildman–Crippen LogP) is 2.05. The number of aromatic nitrogens is 2. The second-order valence-electron chi connectivity index (χ2n) is 5.01.